The number of nitro groups is 1. The maximum atomic E-state index is 10.7. The van der Waals surface area contributed by atoms with Crippen LogP contribution in [-0.4, -0.2) is 29.0 Å². The monoisotopic (exact) mass is 264 g/mol. The van der Waals surface area contributed by atoms with Gasteiger partial charge in [-0.15, -0.1) is 0 Å². The number of hydrogen-bond donors (Lipinski definition) is 2. The summed E-state index contributed by atoms with van der Waals surface area (Å²) in [4.78, 5) is 14.7. The Morgan fingerprint density at radius 1 is 1.56 bits per heavy atom. The third-order valence-corrected chi connectivity index (χ3v) is 3.92. The van der Waals surface area contributed by atoms with Gasteiger partial charge < -0.3 is 10.6 Å². The van der Waals surface area contributed by atoms with E-state index >= 15 is 0 Å². The van der Waals surface area contributed by atoms with Crippen molar-refractivity contribution in [2.24, 2.45) is 0 Å². The molecule has 2 heterocycles. The molecular formula is C11H12N4O2S. The van der Waals surface area contributed by atoms with Crippen LogP contribution in [-0.2, 0) is 0 Å². The number of nitro benzene ring substituents is 1. The zero-order valence-electron chi connectivity index (χ0n) is 9.55. The van der Waals surface area contributed by atoms with Gasteiger partial charge in [0.15, 0.2) is 5.13 Å². The van der Waals surface area contributed by atoms with Crippen LogP contribution in [0.2, 0.25) is 0 Å². The highest BCUT2D eigenvalue weighted by molar-refractivity contribution is 7.22. The topological polar surface area (TPSA) is 80.1 Å². The van der Waals surface area contributed by atoms with E-state index in [1.807, 2.05) is 0 Å². The smallest absolute Gasteiger partial charge is 0.270 e. The van der Waals surface area contributed by atoms with Gasteiger partial charge in [0.05, 0.1) is 15.1 Å². The van der Waals surface area contributed by atoms with Gasteiger partial charge in [-0.25, -0.2) is 4.98 Å². The zero-order valence-corrected chi connectivity index (χ0v) is 10.4. The van der Waals surface area contributed by atoms with Crippen LogP contribution < -0.4 is 10.6 Å². The highest BCUT2D eigenvalue weighted by Gasteiger charge is 2.16. The average molecular weight is 264 g/mol. The van der Waals surface area contributed by atoms with Crippen molar-refractivity contribution in [3.8, 4) is 0 Å². The molecule has 18 heavy (non-hydrogen) atoms. The lowest BCUT2D eigenvalue weighted by Crippen LogP contribution is -2.21. The average Bonchev–Trinajstić information content (AvgIpc) is 2.96. The van der Waals surface area contributed by atoms with Crippen molar-refractivity contribution in [3.63, 3.8) is 0 Å². The summed E-state index contributed by atoms with van der Waals surface area (Å²) in [5.41, 5.74) is 0.916. The van der Waals surface area contributed by atoms with E-state index in [2.05, 4.69) is 15.6 Å². The number of nitrogens with zero attached hydrogens (tertiary/aromatic N) is 2. The number of non-ortho nitro benzene ring substituents is 1. The van der Waals surface area contributed by atoms with E-state index in [0.29, 0.717) is 6.04 Å². The van der Waals surface area contributed by atoms with Crippen LogP contribution in [0.15, 0.2) is 18.2 Å². The molecule has 0 spiro atoms. The quantitative estimate of drug-likeness (QED) is 0.654. The fourth-order valence-electron chi connectivity index (χ4n) is 2.04. The molecule has 0 saturated carbocycles. The van der Waals surface area contributed by atoms with Crippen molar-refractivity contribution in [1.29, 1.82) is 0 Å². The Morgan fingerprint density at radius 3 is 3.17 bits per heavy atom. The molecule has 6 nitrogen and oxygen atoms in total. The Hall–Kier alpha value is -1.73. The van der Waals surface area contributed by atoms with Crippen molar-refractivity contribution < 1.29 is 4.92 Å². The van der Waals surface area contributed by atoms with E-state index in [9.17, 15) is 10.1 Å². The van der Waals surface area contributed by atoms with Crippen LogP contribution >= 0.6 is 11.3 Å². The molecule has 94 valence electrons. The SMILES string of the molecule is O=[N+]([O-])c1ccc2nc(NC3CCNC3)sc2c1. The molecule has 1 fully saturated rings. The predicted molar refractivity (Wildman–Crippen MR) is 71.2 cm³/mol. The van der Waals surface area contributed by atoms with Crippen LogP contribution in [0, 0.1) is 10.1 Å². The predicted octanol–water partition coefficient (Wildman–Crippen LogP) is 1.98. The molecule has 1 unspecified atom stereocenters. The summed E-state index contributed by atoms with van der Waals surface area (Å²) in [5, 5.41) is 18.2. The molecule has 0 amide bonds. The van der Waals surface area contributed by atoms with E-state index in [-0.39, 0.29) is 10.6 Å². The third-order valence-electron chi connectivity index (χ3n) is 2.97. The Balaban J connectivity index is 1.87. The molecule has 2 aromatic rings. The molecule has 7 heteroatoms. The number of fused-ring (bicyclic) bond motifs is 1. The number of hydrogen-bond acceptors (Lipinski definition) is 6. The maximum Gasteiger partial charge on any atom is 0.270 e. The second-order valence-electron chi connectivity index (χ2n) is 4.26. The van der Waals surface area contributed by atoms with E-state index < -0.39 is 0 Å². The highest BCUT2D eigenvalue weighted by atomic mass is 32.1. The molecular weight excluding hydrogens is 252 g/mol. The first-order valence-corrected chi connectivity index (χ1v) is 6.56. The Labute approximate surface area is 107 Å². The van der Waals surface area contributed by atoms with Crippen LogP contribution in [0.4, 0.5) is 10.8 Å². The molecule has 1 aromatic carbocycles. The first-order valence-electron chi connectivity index (χ1n) is 5.74. The molecule has 0 radical (unpaired) electrons. The third kappa shape index (κ3) is 2.14. The van der Waals surface area contributed by atoms with Gasteiger partial charge in [0, 0.05) is 24.7 Å². The Morgan fingerprint density at radius 2 is 2.44 bits per heavy atom. The van der Waals surface area contributed by atoms with Gasteiger partial charge in [-0.2, -0.15) is 0 Å². The molecule has 1 atom stereocenters. The Bertz CT molecular complexity index is 592. The standard InChI is InChI=1S/C11H12N4O2S/c16-15(17)8-1-2-9-10(5-8)18-11(14-9)13-7-3-4-12-6-7/h1-2,5,7,12H,3-4,6H2,(H,13,14). The van der Waals surface area contributed by atoms with Crippen molar-refractivity contribution in [2.75, 3.05) is 18.4 Å². The fraction of sp³-hybridized carbons (Fsp3) is 0.364. The summed E-state index contributed by atoms with van der Waals surface area (Å²) >= 11 is 1.46. The molecule has 1 aliphatic rings. The summed E-state index contributed by atoms with van der Waals surface area (Å²) < 4.78 is 0.845. The maximum absolute atomic E-state index is 10.7. The van der Waals surface area contributed by atoms with E-state index in [1.54, 1.807) is 12.1 Å². The minimum atomic E-state index is -0.382. The molecule has 2 N–H and O–H groups in total. The van der Waals surface area contributed by atoms with Crippen LogP contribution in [0.1, 0.15) is 6.42 Å². The van der Waals surface area contributed by atoms with Crippen LogP contribution in [0.25, 0.3) is 10.2 Å². The van der Waals surface area contributed by atoms with Crippen molar-refractivity contribution in [2.45, 2.75) is 12.5 Å². The number of thiazole rings is 1. The van der Waals surface area contributed by atoms with E-state index in [1.165, 1.54) is 17.4 Å². The molecule has 1 saturated heterocycles. The summed E-state index contributed by atoms with van der Waals surface area (Å²) in [6.45, 7) is 1.96. The van der Waals surface area contributed by atoms with Gasteiger partial charge in [0.25, 0.3) is 5.69 Å². The van der Waals surface area contributed by atoms with E-state index in [4.69, 9.17) is 0 Å². The second-order valence-corrected chi connectivity index (χ2v) is 5.29. The summed E-state index contributed by atoms with van der Waals surface area (Å²) in [6.07, 6.45) is 1.08. The number of benzene rings is 1. The number of nitrogens with one attached hydrogen (secondary N) is 2. The molecule has 0 bridgehead atoms. The highest BCUT2D eigenvalue weighted by Crippen LogP contribution is 2.29. The summed E-state index contributed by atoms with van der Waals surface area (Å²) in [7, 11) is 0. The van der Waals surface area contributed by atoms with Crippen molar-refractivity contribution in [3.05, 3.63) is 28.3 Å². The fourth-order valence-corrected chi connectivity index (χ4v) is 3.02. The number of aromatic nitrogens is 1. The lowest BCUT2D eigenvalue weighted by molar-refractivity contribution is -0.384. The summed E-state index contributed by atoms with van der Waals surface area (Å²) in [5.74, 6) is 0. The van der Waals surface area contributed by atoms with Gasteiger partial charge in [0.2, 0.25) is 0 Å². The minimum Gasteiger partial charge on any atom is -0.357 e. The normalized spacial score (nSPS) is 19.2. The van der Waals surface area contributed by atoms with Crippen molar-refractivity contribution >= 4 is 32.4 Å². The molecule has 0 aliphatic carbocycles. The first-order chi connectivity index (χ1) is 8.72. The second kappa shape index (κ2) is 4.51. The lowest BCUT2D eigenvalue weighted by Gasteiger charge is -2.08. The summed E-state index contributed by atoms with van der Waals surface area (Å²) in [6, 6.07) is 5.16. The number of rotatable bonds is 3. The van der Waals surface area contributed by atoms with Gasteiger partial charge in [-0.3, -0.25) is 10.1 Å². The van der Waals surface area contributed by atoms with Crippen molar-refractivity contribution in [1.82, 2.24) is 10.3 Å². The molecule has 1 aliphatic heterocycles. The van der Waals surface area contributed by atoms with Crippen LogP contribution in [0.3, 0.4) is 0 Å². The van der Waals surface area contributed by atoms with Gasteiger partial charge >= 0.3 is 0 Å². The zero-order chi connectivity index (χ0) is 12.5. The largest absolute Gasteiger partial charge is 0.357 e. The molecule has 1 aromatic heterocycles. The first kappa shape index (κ1) is 11.4. The lowest BCUT2D eigenvalue weighted by atomic mass is 10.3. The van der Waals surface area contributed by atoms with E-state index in [0.717, 1.165) is 34.9 Å². The Kier molecular flexibility index (Phi) is 2.85. The van der Waals surface area contributed by atoms with Gasteiger partial charge in [-0.05, 0) is 19.0 Å². The van der Waals surface area contributed by atoms with Gasteiger partial charge in [0.1, 0.15) is 0 Å². The number of anilines is 1. The van der Waals surface area contributed by atoms with Crippen LogP contribution in [0.5, 0.6) is 0 Å². The van der Waals surface area contributed by atoms with Gasteiger partial charge in [-0.1, -0.05) is 11.3 Å². The molecule has 3 rings (SSSR count). The minimum absolute atomic E-state index is 0.111.